The van der Waals surface area contributed by atoms with Gasteiger partial charge in [0.05, 0.1) is 6.04 Å². The van der Waals surface area contributed by atoms with Gasteiger partial charge >= 0.3 is 0 Å². The molecule has 1 saturated heterocycles. The summed E-state index contributed by atoms with van der Waals surface area (Å²) in [6, 6.07) is 2.69. The van der Waals surface area contributed by atoms with E-state index in [1.54, 1.807) is 11.3 Å². The zero-order valence-corrected chi connectivity index (χ0v) is 14.0. The van der Waals surface area contributed by atoms with Crippen LogP contribution in [0.5, 0.6) is 0 Å². The Balaban J connectivity index is 2.23. The summed E-state index contributed by atoms with van der Waals surface area (Å²) in [5.74, 6) is 0.664. The molecule has 1 aromatic heterocycles. The molecule has 0 spiro atoms. The topological polar surface area (TPSA) is 29.3 Å². The van der Waals surface area contributed by atoms with Gasteiger partial charge in [-0.05, 0) is 47.3 Å². The van der Waals surface area contributed by atoms with Crippen LogP contribution in [0.2, 0.25) is 4.34 Å². The molecule has 102 valence electrons. The highest BCUT2D eigenvalue weighted by atomic mass is 79.9. The molecular weight excluding hydrogens is 332 g/mol. The lowest BCUT2D eigenvalue weighted by Crippen LogP contribution is -2.46. The first-order chi connectivity index (χ1) is 8.49. The van der Waals surface area contributed by atoms with Gasteiger partial charge in [0.1, 0.15) is 4.34 Å². The number of thiophene rings is 1. The molecule has 2 unspecified atom stereocenters. The van der Waals surface area contributed by atoms with E-state index in [1.807, 2.05) is 0 Å². The molecule has 0 aliphatic carbocycles. The van der Waals surface area contributed by atoms with Gasteiger partial charge in [-0.15, -0.1) is 11.3 Å². The van der Waals surface area contributed by atoms with E-state index >= 15 is 0 Å². The van der Waals surface area contributed by atoms with Gasteiger partial charge in [-0.3, -0.25) is 4.90 Å². The SMILES string of the molecule is CC(C)CN1CCCC(N)C1c1cc(Br)c(Cl)s1. The Labute approximate surface area is 127 Å². The lowest BCUT2D eigenvalue weighted by Gasteiger charge is -2.40. The molecule has 2 heterocycles. The van der Waals surface area contributed by atoms with Crippen molar-refractivity contribution in [3.05, 3.63) is 19.8 Å². The third kappa shape index (κ3) is 3.28. The molecule has 0 bridgehead atoms. The summed E-state index contributed by atoms with van der Waals surface area (Å²) in [5, 5.41) is 0. The van der Waals surface area contributed by atoms with Gasteiger partial charge < -0.3 is 5.73 Å². The standard InChI is InChI=1S/C13H20BrClN2S/c1-8(2)7-17-5-3-4-10(16)12(17)11-6-9(14)13(15)18-11/h6,8,10,12H,3-5,7,16H2,1-2H3. The smallest absolute Gasteiger partial charge is 0.107 e. The van der Waals surface area contributed by atoms with Crippen LogP contribution in [0.4, 0.5) is 0 Å². The highest BCUT2D eigenvalue weighted by molar-refractivity contribution is 9.10. The number of rotatable bonds is 3. The summed E-state index contributed by atoms with van der Waals surface area (Å²) in [6.07, 6.45) is 2.30. The number of halogens is 2. The Bertz CT molecular complexity index is 388. The van der Waals surface area contributed by atoms with E-state index in [-0.39, 0.29) is 6.04 Å². The van der Waals surface area contributed by atoms with Crippen LogP contribution in [0.1, 0.15) is 37.6 Å². The average Bonchev–Trinajstić information content (AvgIpc) is 2.58. The van der Waals surface area contributed by atoms with Gasteiger partial charge in [-0.1, -0.05) is 25.4 Å². The highest BCUT2D eigenvalue weighted by Gasteiger charge is 2.32. The van der Waals surface area contributed by atoms with Gasteiger partial charge in [0.15, 0.2) is 0 Å². The van der Waals surface area contributed by atoms with E-state index in [4.69, 9.17) is 17.3 Å². The number of likely N-dealkylation sites (tertiary alicyclic amines) is 1. The van der Waals surface area contributed by atoms with Crippen molar-refractivity contribution in [1.29, 1.82) is 0 Å². The Kier molecular flexibility index (Phi) is 5.12. The third-order valence-electron chi connectivity index (χ3n) is 3.34. The maximum absolute atomic E-state index is 6.34. The number of hydrogen-bond donors (Lipinski definition) is 1. The van der Waals surface area contributed by atoms with E-state index in [0.717, 1.165) is 28.3 Å². The van der Waals surface area contributed by atoms with Crippen molar-refractivity contribution in [2.75, 3.05) is 13.1 Å². The number of hydrogen-bond acceptors (Lipinski definition) is 3. The van der Waals surface area contributed by atoms with Gasteiger partial charge in [-0.25, -0.2) is 0 Å². The van der Waals surface area contributed by atoms with Crippen molar-refractivity contribution in [3.63, 3.8) is 0 Å². The zero-order chi connectivity index (χ0) is 13.3. The number of piperidine rings is 1. The summed E-state index contributed by atoms with van der Waals surface area (Å²) in [4.78, 5) is 3.81. The fraction of sp³-hybridized carbons (Fsp3) is 0.692. The van der Waals surface area contributed by atoms with Crippen LogP contribution in [-0.2, 0) is 0 Å². The minimum atomic E-state index is 0.221. The second-order valence-corrected chi connectivity index (χ2v) is 7.95. The van der Waals surface area contributed by atoms with Crippen LogP contribution in [0.3, 0.4) is 0 Å². The summed E-state index contributed by atoms with van der Waals surface area (Å²) in [6.45, 7) is 6.76. The Morgan fingerprint density at radius 1 is 1.61 bits per heavy atom. The molecule has 2 atom stereocenters. The van der Waals surface area contributed by atoms with Crippen molar-refractivity contribution in [1.82, 2.24) is 4.90 Å². The fourth-order valence-corrected chi connectivity index (χ4v) is 4.62. The van der Waals surface area contributed by atoms with Gasteiger partial charge in [0.2, 0.25) is 0 Å². The summed E-state index contributed by atoms with van der Waals surface area (Å²) >= 11 is 11.3. The van der Waals surface area contributed by atoms with Crippen LogP contribution in [0.15, 0.2) is 10.5 Å². The fourth-order valence-electron chi connectivity index (χ4n) is 2.67. The molecule has 2 N–H and O–H groups in total. The lowest BCUT2D eigenvalue weighted by atomic mass is 9.94. The Morgan fingerprint density at radius 3 is 2.89 bits per heavy atom. The normalized spacial score (nSPS) is 25.9. The minimum Gasteiger partial charge on any atom is -0.326 e. The molecule has 1 aromatic rings. The minimum absolute atomic E-state index is 0.221. The summed E-state index contributed by atoms with van der Waals surface area (Å²) in [7, 11) is 0. The largest absolute Gasteiger partial charge is 0.326 e. The molecular formula is C13H20BrClN2S. The van der Waals surface area contributed by atoms with E-state index in [1.165, 1.54) is 11.3 Å². The van der Waals surface area contributed by atoms with Gasteiger partial charge in [0.25, 0.3) is 0 Å². The molecule has 0 aromatic carbocycles. The first kappa shape index (κ1) is 14.8. The van der Waals surface area contributed by atoms with Gasteiger partial charge in [0, 0.05) is 21.9 Å². The van der Waals surface area contributed by atoms with Gasteiger partial charge in [-0.2, -0.15) is 0 Å². The lowest BCUT2D eigenvalue weighted by molar-refractivity contribution is 0.116. The molecule has 18 heavy (non-hydrogen) atoms. The molecule has 2 nitrogen and oxygen atoms in total. The second kappa shape index (κ2) is 6.23. The number of nitrogens with zero attached hydrogens (tertiary/aromatic N) is 1. The maximum atomic E-state index is 6.34. The van der Waals surface area contributed by atoms with E-state index in [0.29, 0.717) is 12.0 Å². The van der Waals surface area contributed by atoms with Crippen LogP contribution in [0, 0.1) is 5.92 Å². The Hall–Kier alpha value is 0.390. The van der Waals surface area contributed by atoms with Crippen LogP contribution in [0.25, 0.3) is 0 Å². The molecule has 0 amide bonds. The summed E-state index contributed by atoms with van der Waals surface area (Å²) < 4.78 is 1.82. The maximum Gasteiger partial charge on any atom is 0.107 e. The first-order valence-electron chi connectivity index (χ1n) is 6.43. The van der Waals surface area contributed by atoms with E-state index in [9.17, 15) is 0 Å². The number of nitrogens with two attached hydrogens (primary N) is 1. The van der Waals surface area contributed by atoms with E-state index in [2.05, 4.69) is 40.7 Å². The predicted molar refractivity (Wildman–Crippen MR) is 83.4 cm³/mol. The molecule has 1 aliphatic rings. The van der Waals surface area contributed by atoms with Crippen molar-refractivity contribution in [3.8, 4) is 0 Å². The molecule has 0 saturated carbocycles. The molecule has 1 aliphatic heterocycles. The molecule has 2 rings (SSSR count). The monoisotopic (exact) mass is 350 g/mol. The predicted octanol–water partition coefficient (Wildman–Crippen LogP) is 4.28. The summed E-state index contributed by atoms with van der Waals surface area (Å²) in [5.41, 5.74) is 6.34. The first-order valence-corrected chi connectivity index (χ1v) is 8.42. The van der Waals surface area contributed by atoms with Crippen LogP contribution < -0.4 is 5.73 Å². The quantitative estimate of drug-likeness (QED) is 0.880. The van der Waals surface area contributed by atoms with Crippen molar-refractivity contribution in [2.45, 2.75) is 38.8 Å². The van der Waals surface area contributed by atoms with Crippen molar-refractivity contribution >= 4 is 38.9 Å². The Morgan fingerprint density at radius 2 is 2.33 bits per heavy atom. The van der Waals surface area contributed by atoms with Crippen molar-refractivity contribution < 1.29 is 0 Å². The second-order valence-electron chi connectivity index (χ2n) is 5.41. The average molecular weight is 352 g/mol. The zero-order valence-electron chi connectivity index (χ0n) is 10.8. The van der Waals surface area contributed by atoms with E-state index < -0.39 is 0 Å². The highest BCUT2D eigenvalue weighted by Crippen LogP contribution is 2.40. The van der Waals surface area contributed by atoms with Crippen molar-refractivity contribution in [2.24, 2.45) is 11.7 Å². The van der Waals surface area contributed by atoms with Crippen LogP contribution >= 0.6 is 38.9 Å². The van der Waals surface area contributed by atoms with Crippen LogP contribution in [-0.4, -0.2) is 24.0 Å². The molecule has 1 fully saturated rings. The molecule has 0 radical (unpaired) electrons. The molecule has 5 heteroatoms. The third-order valence-corrected chi connectivity index (χ3v) is 5.88.